The molecule has 2 saturated carbocycles. The summed E-state index contributed by atoms with van der Waals surface area (Å²) in [5.74, 6) is 2.73. The van der Waals surface area contributed by atoms with Crippen LogP contribution < -0.4 is 10.6 Å². The van der Waals surface area contributed by atoms with Crippen molar-refractivity contribution in [3.63, 3.8) is 0 Å². The molecule has 21 heavy (non-hydrogen) atoms. The predicted molar refractivity (Wildman–Crippen MR) is 93.7 cm³/mol. The summed E-state index contributed by atoms with van der Waals surface area (Å²) < 4.78 is 0. The molecule has 2 N–H and O–H groups in total. The van der Waals surface area contributed by atoms with Crippen molar-refractivity contribution in [1.82, 2.24) is 5.32 Å². The molecule has 2 aliphatic rings. The molecule has 4 unspecified atom stereocenters. The van der Waals surface area contributed by atoms with Crippen LogP contribution in [0.15, 0.2) is 18.2 Å². The number of benzene rings is 1. The molecule has 0 aliphatic heterocycles. The molecule has 1 aromatic rings. The van der Waals surface area contributed by atoms with E-state index in [1.165, 1.54) is 36.8 Å². The van der Waals surface area contributed by atoms with Gasteiger partial charge in [0.2, 0.25) is 0 Å². The normalized spacial score (nSPS) is 28.4. The number of anilines is 1. The molecule has 0 heterocycles. The van der Waals surface area contributed by atoms with E-state index in [1.807, 2.05) is 0 Å². The topological polar surface area (TPSA) is 24.1 Å². The third-order valence-electron chi connectivity index (χ3n) is 5.44. The molecule has 2 fully saturated rings. The minimum absolute atomic E-state index is 0.477. The van der Waals surface area contributed by atoms with Crippen LogP contribution in [0, 0.1) is 31.6 Å². The summed E-state index contributed by atoms with van der Waals surface area (Å²) in [4.78, 5) is 0. The van der Waals surface area contributed by atoms with Crippen LogP contribution in [-0.4, -0.2) is 11.2 Å². The molecular weight excluding hydrogens is 276 g/mol. The molecule has 2 bridgehead atoms. The predicted octanol–water partition coefficient (Wildman–Crippen LogP) is 4.41. The molecule has 0 radical (unpaired) electrons. The van der Waals surface area contributed by atoms with Crippen LogP contribution in [0.4, 0.5) is 5.69 Å². The number of rotatable bonds is 3. The monoisotopic (exact) mass is 302 g/mol. The van der Waals surface area contributed by atoms with E-state index in [9.17, 15) is 0 Å². The second kappa shape index (κ2) is 5.96. The van der Waals surface area contributed by atoms with Crippen molar-refractivity contribution in [2.45, 2.75) is 52.5 Å². The van der Waals surface area contributed by atoms with Crippen molar-refractivity contribution in [3.8, 4) is 0 Å². The zero-order valence-corrected chi connectivity index (χ0v) is 14.1. The van der Waals surface area contributed by atoms with Crippen LogP contribution in [0.2, 0.25) is 0 Å². The van der Waals surface area contributed by atoms with Crippen molar-refractivity contribution in [3.05, 3.63) is 29.3 Å². The minimum Gasteiger partial charge on any atom is -0.360 e. The Hall–Kier alpha value is -1.09. The van der Waals surface area contributed by atoms with E-state index < -0.39 is 0 Å². The maximum atomic E-state index is 5.51. The van der Waals surface area contributed by atoms with E-state index in [1.54, 1.807) is 0 Å². The van der Waals surface area contributed by atoms with Gasteiger partial charge in [-0.2, -0.15) is 0 Å². The number of fused-ring (bicyclic) bond motifs is 2. The van der Waals surface area contributed by atoms with Crippen molar-refractivity contribution in [2.24, 2.45) is 17.8 Å². The molecule has 0 spiro atoms. The summed E-state index contributed by atoms with van der Waals surface area (Å²) in [6.45, 7) is 6.52. The van der Waals surface area contributed by atoms with E-state index in [4.69, 9.17) is 12.2 Å². The number of hydrogen-bond acceptors (Lipinski definition) is 1. The Morgan fingerprint density at radius 1 is 1.24 bits per heavy atom. The molecule has 3 rings (SSSR count). The van der Waals surface area contributed by atoms with Crippen molar-refractivity contribution >= 4 is 23.0 Å². The van der Waals surface area contributed by atoms with E-state index >= 15 is 0 Å². The van der Waals surface area contributed by atoms with Crippen molar-refractivity contribution in [2.75, 3.05) is 5.32 Å². The summed E-state index contributed by atoms with van der Waals surface area (Å²) >= 11 is 5.51. The number of hydrogen-bond donors (Lipinski definition) is 2. The molecule has 1 aromatic carbocycles. The van der Waals surface area contributed by atoms with Gasteiger partial charge in [-0.3, -0.25) is 0 Å². The fourth-order valence-corrected chi connectivity index (χ4v) is 4.54. The van der Waals surface area contributed by atoms with Gasteiger partial charge >= 0.3 is 0 Å². The van der Waals surface area contributed by atoms with E-state index in [0.29, 0.717) is 6.04 Å². The van der Waals surface area contributed by atoms with Gasteiger partial charge in [-0.25, -0.2) is 0 Å². The second-order valence-corrected chi connectivity index (χ2v) is 7.45. The summed E-state index contributed by atoms with van der Waals surface area (Å²) in [5.41, 5.74) is 3.61. The van der Waals surface area contributed by atoms with Crippen LogP contribution in [0.3, 0.4) is 0 Å². The zero-order chi connectivity index (χ0) is 15.0. The highest BCUT2D eigenvalue weighted by molar-refractivity contribution is 7.80. The molecule has 3 heteroatoms. The Morgan fingerprint density at radius 3 is 2.71 bits per heavy atom. The largest absolute Gasteiger partial charge is 0.360 e. The number of aryl methyl sites for hydroxylation is 2. The summed E-state index contributed by atoms with van der Waals surface area (Å²) in [6, 6.07) is 6.91. The van der Waals surface area contributed by atoms with Gasteiger partial charge in [-0.1, -0.05) is 18.6 Å². The van der Waals surface area contributed by atoms with Gasteiger partial charge in [0.1, 0.15) is 0 Å². The third-order valence-corrected chi connectivity index (χ3v) is 5.65. The lowest BCUT2D eigenvalue weighted by Crippen LogP contribution is -2.42. The first kappa shape index (κ1) is 14.8. The highest BCUT2D eigenvalue weighted by Gasteiger charge is 2.41. The van der Waals surface area contributed by atoms with Gasteiger partial charge in [0.15, 0.2) is 5.11 Å². The van der Waals surface area contributed by atoms with Crippen LogP contribution in [0.5, 0.6) is 0 Å². The third kappa shape index (κ3) is 3.23. The van der Waals surface area contributed by atoms with Crippen LogP contribution in [0.1, 0.15) is 43.7 Å². The zero-order valence-electron chi connectivity index (χ0n) is 13.3. The average Bonchev–Trinajstić information content (AvgIpc) is 3.05. The van der Waals surface area contributed by atoms with Crippen LogP contribution in [0.25, 0.3) is 0 Å². The quantitative estimate of drug-likeness (QED) is 0.809. The summed E-state index contributed by atoms with van der Waals surface area (Å²) in [7, 11) is 0. The van der Waals surface area contributed by atoms with E-state index in [0.717, 1.165) is 28.6 Å². The maximum absolute atomic E-state index is 5.51. The van der Waals surface area contributed by atoms with Gasteiger partial charge in [-0.05, 0) is 87.2 Å². The smallest absolute Gasteiger partial charge is 0.171 e. The molecule has 114 valence electrons. The molecule has 0 saturated heterocycles. The molecule has 0 aromatic heterocycles. The Morgan fingerprint density at radius 2 is 2.05 bits per heavy atom. The minimum atomic E-state index is 0.477. The second-order valence-electron chi connectivity index (χ2n) is 7.04. The Balaban J connectivity index is 1.57. The first-order valence-electron chi connectivity index (χ1n) is 8.17. The lowest BCUT2D eigenvalue weighted by molar-refractivity contribution is 0.279. The van der Waals surface area contributed by atoms with Gasteiger partial charge in [0.05, 0.1) is 0 Å². The SMILES string of the molecule is Cc1ccc(C)c(NC(=S)NC(C)C2CC3CCC2C3)c1. The molecule has 0 amide bonds. The van der Waals surface area contributed by atoms with Crippen LogP contribution in [-0.2, 0) is 0 Å². The highest BCUT2D eigenvalue weighted by atomic mass is 32.1. The fourth-order valence-electron chi connectivity index (χ4n) is 4.25. The molecule has 2 aliphatic carbocycles. The average molecular weight is 302 g/mol. The van der Waals surface area contributed by atoms with Crippen molar-refractivity contribution in [1.29, 1.82) is 0 Å². The van der Waals surface area contributed by atoms with E-state index in [2.05, 4.69) is 49.6 Å². The van der Waals surface area contributed by atoms with Gasteiger partial charge < -0.3 is 10.6 Å². The Labute approximate surface area is 133 Å². The van der Waals surface area contributed by atoms with Gasteiger partial charge in [-0.15, -0.1) is 0 Å². The van der Waals surface area contributed by atoms with Crippen LogP contribution >= 0.6 is 12.2 Å². The molecule has 2 nitrogen and oxygen atoms in total. The van der Waals surface area contributed by atoms with Gasteiger partial charge in [0.25, 0.3) is 0 Å². The lowest BCUT2D eigenvalue weighted by atomic mass is 9.84. The van der Waals surface area contributed by atoms with Crippen molar-refractivity contribution < 1.29 is 0 Å². The first-order valence-corrected chi connectivity index (χ1v) is 8.58. The highest BCUT2D eigenvalue weighted by Crippen LogP contribution is 2.49. The first-order chi connectivity index (χ1) is 10.0. The number of thiocarbonyl (C=S) groups is 1. The maximum Gasteiger partial charge on any atom is 0.171 e. The van der Waals surface area contributed by atoms with Gasteiger partial charge in [0, 0.05) is 11.7 Å². The number of nitrogens with one attached hydrogen (secondary N) is 2. The summed E-state index contributed by atoms with van der Waals surface area (Å²) in [6.07, 6.45) is 5.73. The standard InChI is InChI=1S/C18H26N2S/c1-11-4-5-12(2)17(8-11)20-18(21)19-13(3)16-10-14-6-7-15(16)9-14/h4-5,8,13-16H,6-7,9-10H2,1-3H3,(H2,19,20,21). The lowest BCUT2D eigenvalue weighted by Gasteiger charge is -2.29. The van der Waals surface area contributed by atoms with E-state index in [-0.39, 0.29) is 0 Å². The fraction of sp³-hybridized carbons (Fsp3) is 0.611. The Kier molecular flexibility index (Phi) is 4.21. The Bertz CT molecular complexity index is 540. The molecule has 4 atom stereocenters. The molecular formula is C18H26N2S. The summed E-state index contributed by atoms with van der Waals surface area (Å²) in [5, 5.41) is 7.65.